The third-order valence-electron chi connectivity index (χ3n) is 3.23. The Morgan fingerprint density at radius 3 is 2.80 bits per heavy atom. The molecule has 2 atom stereocenters. The molecule has 1 aromatic rings. The second-order valence-corrected chi connectivity index (χ2v) is 6.12. The van der Waals surface area contributed by atoms with Crippen molar-refractivity contribution in [3.63, 3.8) is 0 Å². The van der Waals surface area contributed by atoms with Crippen molar-refractivity contribution < 1.29 is 0 Å². The summed E-state index contributed by atoms with van der Waals surface area (Å²) in [6.45, 7) is 6.81. The van der Waals surface area contributed by atoms with Gasteiger partial charge in [-0.25, -0.2) is 4.98 Å². The Bertz CT molecular complexity index is 305. The Hall–Kier alpha value is -0.410. The minimum atomic E-state index is 0.0306. The van der Waals surface area contributed by atoms with Crippen LogP contribution in [0.4, 0.5) is 0 Å². The van der Waals surface area contributed by atoms with E-state index in [-0.39, 0.29) is 5.54 Å². The highest BCUT2D eigenvalue weighted by molar-refractivity contribution is 7.09. The van der Waals surface area contributed by atoms with E-state index in [4.69, 9.17) is 0 Å². The van der Waals surface area contributed by atoms with E-state index >= 15 is 0 Å². The molecule has 0 aromatic carbocycles. The van der Waals surface area contributed by atoms with Crippen molar-refractivity contribution in [3.05, 3.63) is 16.6 Å². The SMILES string of the molecule is CC1CCC(NC(C)(C)c2nccs2)C1. The van der Waals surface area contributed by atoms with Gasteiger partial charge >= 0.3 is 0 Å². The van der Waals surface area contributed by atoms with Crippen LogP contribution in [0, 0.1) is 5.92 Å². The molecule has 0 radical (unpaired) electrons. The molecule has 1 heterocycles. The summed E-state index contributed by atoms with van der Waals surface area (Å²) < 4.78 is 0. The maximum absolute atomic E-state index is 4.41. The Labute approximate surface area is 96.1 Å². The highest BCUT2D eigenvalue weighted by Crippen LogP contribution is 2.29. The van der Waals surface area contributed by atoms with Crippen LogP contribution in [-0.2, 0) is 5.54 Å². The van der Waals surface area contributed by atoms with Crippen molar-refractivity contribution in [1.29, 1.82) is 0 Å². The van der Waals surface area contributed by atoms with Gasteiger partial charge < -0.3 is 5.32 Å². The molecule has 1 aliphatic carbocycles. The van der Waals surface area contributed by atoms with Crippen molar-refractivity contribution in [3.8, 4) is 0 Å². The minimum Gasteiger partial charge on any atom is -0.303 e. The molecule has 2 unspecified atom stereocenters. The van der Waals surface area contributed by atoms with Gasteiger partial charge in [-0.05, 0) is 39.0 Å². The summed E-state index contributed by atoms with van der Waals surface area (Å²) in [5.74, 6) is 0.884. The molecule has 15 heavy (non-hydrogen) atoms. The van der Waals surface area contributed by atoms with E-state index in [0.29, 0.717) is 6.04 Å². The lowest BCUT2D eigenvalue weighted by Crippen LogP contribution is -2.42. The number of rotatable bonds is 3. The molecule has 3 heteroatoms. The zero-order valence-electron chi connectivity index (χ0n) is 9.79. The average Bonchev–Trinajstić information content (AvgIpc) is 2.75. The molecule has 84 valence electrons. The third kappa shape index (κ3) is 2.58. The van der Waals surface area contributed by atoms with Gasteiger partial charge in [0.05, 0.1) is 5.54 Å². The first-order valence-electron chi connectivity index (χ1n) is 5.75. The van der Waals surface area contributed by atoms with Crippen LogP contribution in [0.3, 0.4) is 0 Å². The van der Waals surface area contributed by atoms with E-state index in [2.05, 4.69) is 36.5 Å². The van der Waals surface area contributed by atoms with Crippen LogP contribution in [0.25, 0.3) is 0 Å². The van der Waals surface area contributed by atoms with Gasteiger partial charge in [-0.1, -0.05) is 6.92 Å². The maximum atomic E-state index is 4.41. The quantitative estimate of drug-likeness (QED) is 0.853. The third-order valence-corrected chi connectivity index (χ3v) is 4.32. The zero-order valence-corrected chi connectivity index (χ0v) is 10.6. The summed E-state index contributed by atoms with van der Waals surface area (Å²) in [4.78, 5) is 4.41. The number of aromatic nitrogens is 1. The summed E-state index contributed by atoms with van der Waals surface area (Å²) in [6, 6.07) is 0.680. The molecular formula is C12H20N2S. The fourth-order valence-electron chi connectivity index (χ4n) is 2.44. The number of hydrogen-bond acceptors (Lipinski definition) is 3. The van der Waals surface area contributed by atoms with Crippen LogP contribution >= 0.6 is 11.3 Å². The zero-order chi connectivity index (χ0) is 10.9. The van der Waals surface area contributed by atoms with Crippen LogP contribution in [0.5, 0.6) is 0 Å². The first-order valence-corrected chi connectivity index (χ1v) is 6.63. The van der Waals surface area contributed by atoms with Crippen LogP contribution < -0.4 is 5.32 Å². The van der Waals surface area contributed by atoms with Gasteiger partial charge in [0, 0.05) is 17.6 Å². The Balaban J connectivity index is 1.99. The van der Waals surface area contributed by atoms with E-state index in [1.807, 2.05) is 6.20 Å². The van der Waals surface area contributed by atoms with E-state index in [0.717, 1.165) is 5.92 Å². The number of nitrogens with zero attached hydrogens (tertiary/aromatic N) is 1. The molecule has 0 amide bonds. The molecule has 1 saturated carbocycles. The smallest absolute Gasteiger partial charge is 0.112 e. The molecule has 1 fully saturated rings. The lowest BCUT2D eigenvalue weighted by Gasteiger charge is -2.28. The predicted molar refractivity (Wildman–Crippen MR) is 65.1 cm³/mol. The fraction of sp³-hybridized carbons (Fsp3) is 0.750. The topological polar surface area (TPSA) is 24.9 Å². The molecule has 2 rings (SSSR count). The highest BCUT2D eigenvalue weighted by Gasteiger charge is 2.29. The van der Waals surface area contributed by atoms with E-state index < -0.39 is 0 Å². The van der Waals surface area contributed by atoms with Gasteiger partial charge in [0.15, 0.2) is 0 Å². The van der Waals surface area contributed by atoms with Gasteiger partial charge in [-0.15, -0.1) is 11.3 Å². The molecular weight excluding hydrogens is 204 g/mol. The van der Waals surface area contributed by atoms with E-state index in [1.165, 1.54) is 24.3 Å². The fourth-order valence-corrected chi connectivity index (χ4v) is 3.17. The van der Waals surface area contributed by atoms with Crippen molar-refractivity contribution in [1.82, 2.24) is 10.3 Å². The average molecular weight is 224 g/mol. The molecule has 1 aliphatic rings. The predicted octanol–water partition coefficient (Wildman–Crippen LogP) is 3.16. The molecule has 0 bridgehead atoms. The Morgan fingerprint density at radius 1 is 1.47 bits per heavy atom. The largest absolute Gasteiger partial charge is 0.303 e. The van der Waals surface area contributed by atoms with Gasteiger partial charge in [0.1, 0.15) is 5.01 Å². The highest BCUT2D eigenvalue weighted by atomic mass is 32.1. The lowest BCUT2D eigenvalue weighted by atomic mass is 10.0. The monoisotopic (exact) mass is 224 g/mol. The van der Waals surface area contributed by atoms with Crippen LogP contribution in [0.2, 0.25) is 0 Å². The van der Waals surface area contributed by atoms with Crippen LogP contribution in [0.1, 0.15) is 45.0 Å². The first-order chi connectivity index (χ1) is 7.08. The number of nitrogens with one attached hydrogen (secondary N) is 1. The van der Waals surface area contributed by atoms with E-state index in [1.54, 1.807) is 11.3 Å². The summed E-state index contributed by atoms with van der Waals surface area (Å²) >= 11 is 1.74. The standard InChI is InChI=1S/C12H20N2S/c1-9-4-5-10(8-9)14-12(2,3)11-13-6-7-15-11/h6-7,9-10,14H,4-5,8H2,1-3H3. The molecule has 0 spiro atoms. The van der Waals surface area contributed by atoms with Crippen LogP contribution in [0.15, 0.2) is 11.6 Å². The van der Waals surface area contributed by atoms with Crippen molar-refractivity contribution in [2.45, 2.75) is 51.6 Å². The normalized spacial score (nSPS) is 27.1. The first kappa shape index (κ1) is 11.1. The van der Waals surface area contributed by atoms with Crippen LogP contribution in [-0.4, -0.2) is 11.0 Å². The molecule has 1 N–H and O–H groups in total. The summed E-state index contributed by atoms with van der Waals surface area (Å²) in [7, 11) is 0. The molecule has 0 saturated heterocycles. The number of hydrogen-bond donors (Lipinski definition) is 1. The van der Waals surface area contributed by atoms with Gasteiger partial charge in [-0.3, -0.25) is 0 Å². The van der Waals surface area contributed by atoms with Gasteiger partial charge in [0.2, 0.25) is 0 Å². The van der Waals surface area contributed by atoms with Crippen molar-refractivity contribution in [2.75, 3.05) is 0 Å². The van der Waals surface area contributed by atoms with E-state index in [9.17, 15) is 0 Å². The summed E-state index contributed by atoms with van der Waals surface area (Å²) in [5, 5.41) is 6.98. The Kier molecular flexibility index (Phi) is 3.12. The summed E-state index contributed by atoms with van der Waals surface area (Å²) in [6.07, 6.45) is 5.89. The lowest BCUT2D eigenvalue weighted by molar-refractivity contribution is 0.337. The van der Waals surface area contributed by atoms with Crippen molar-refractivity contribution in [2.24, 2.45) is 5.92 Å². The van der Waals surface area contributed by atoms with Crippen molar-refractivity contribution >= 4 is 11.3 Å². The van der Waals surface area contributed by atoms with Gasteiger partial charge in [0.25, 0.3) is 0 Å². The Morgan fingerprint density at radius 2 is 2.27 bits per heavy atom. The number of thiazole rings is 1. The molecule has 2 nitrogen and oxygen atoms in total. The molecule has 1 aromatic heterocycles. The second-order valence-electron chi connectivity index (χ2n) is 5.22. The maximum Gasteiger partial charge on any atom is 0.112 e. The molecule has 0 aliphatic heterocycles. The summed E-state index contributed by atoms with van der Waals surface area (Å²) in [5.41, 5.74) is 0.0306. The minimum absolute atomic E-state index is 0.0306. The van der Waals surface area contributed by atoms with Gasteiger partial charge in [-0.2, -0.15) is 0 Å². The second kappa shape index (κ2) is 4.22.